The van der Waals surface area contributed by atoms with Crippen LogP contribution in [0.3, 0.4) is 0 Å². The maximum atomic E-state index is 12.5. The lowest BCUT2D eigenvalue weighted by Crippen LogP contribution is -2.49. The van der Waals surface area contributed by atoms with Crippen LogP contribution in [0.5, 0.6) is 0 Å². The lowest BCUT2D eigenvalue weighted by molar-refractivity contribution is -0.385. The molecule has 1 saturated heterocycles. The fourth-order valence-electron chi connectivity index (χ4n) is 2.26. The van der Waals surface area contributed by atoms with Crippen molar-refractivity contribution >= 4 is 17.6 Å². The third-order valence-electron chi connectivity index (χ3n) is 3.23. The molecule has 8 nitrogen and oxygen atoms in total. The summed E-state index contributed by atoms with van der Waals surface area (Å²) >= 11 is 0. The van der Waals surface area contributed by atoms with Gasteiger partial charge >= 0.3 is 5.97 Å². The average molecular weight is 294 g/mol. The van der Waals surface area contributed by atoms with Gasteiger partial charge in [0, 0.05) is 12.6 Å². The summed E-state index contributed by atoms with van der Waals surface area (Å²) in [6, 6.07) is 5.01. The Kier molecular flexibility index (Phi) is 4.49. The molecule has 0 spiro atoms. The highest BCUT2D eigenvalue weighted by Crippen LogP contribution is 2.22. The van der Waals surface area contributed by atoms with Gasteiger partial charge in [0.15, 0.2) is 0 Å². The summed E-state index contributed by atoms with van der Waals surface area (Å²) in [6.07, 6.45) is -0.258. The molecule has 0 radical (unpaired) electrons. The molecule has 1 heterocycles. The molecule has 1 N–H and O–H groups in total. The van der Waals surface area contributed by atoms with E-state index in [4.69, 9.17) is 9.84 Å². The number of aliphatic carboxylic acids is 1. The van der Waals surface area contributed by atoms with E-state index in [0.717, 1.165) is 0 Å². The number of nitro groups is 1. The van der Waals surface area contributed by atoms with Crippen LogP contribution < -0.4 is 0 Å². The zero-order valence-electron chi connectivity index (χ0n) is 11.1. The Balaban J connectivity index is 2.29. The first-order valence-corrected chi connectivity index (χ1v) is 6.34. The lowest BCUT2D eigenvalue weighted by Gasteiger charge is -2.34. The molecule has 112 valence electrons. The Hall–Kier alpha value is -2.48. The molecule has 1 aromatic rings. The van der Waals surface area contributed by atoms with Gasteiger partial charge in [0.05, 0.1) is 30.6 Å². The summed E-state index contributed by atoms with van der Waals surface area (Å²) in [5.74, 6) is -1.59. The highest BCUT2D eigenvalue weighted by Gasteiger charge is 2.32. The SMILES string of the molecule is O=C(O)CC1COCCN1C(=O)c1ccccc1[N+](=O)[O-]. The number of hydrogen-bond acceptors (Lipinski definition) is 5. The predicted octanol–water partition coefficient (Wildman–Crippen LogP) is 0.910. The van der Waals surface area contributed by atoms with E-state index in [-0.39, 0.29) is 37.4 Å². The number of carbonyl (C=O) groups excluding carboxylic acids is 1. The second-order valence-corrected chi connectivity index (χ2v) is 4.60. The molecule has 1 unspecified atom stereocenters. The molecule has 1 fully saturated rings. The number of carboxylic acid groups (broad SMARTS) is 1. The third kappa shape index (κ3) is 3.34. The normalized spacial score (nSPS) is 18.3. The first kappa shape index (κ1) is 14.9. The number of ether oxygens (including phenoxy) is 1. The first-order valence-electron chi connectivity index (χ1n) is 6.34. The molecule has 1 aliphatic rings. The molecule has 1 amide bonds. The van der Waals surface area contributed by atoms with Crippen molar-refractivity contribution in [3.8, 4) is 0 Å². The Bertz CT molecular complexity index is 574. The number of morpholine rings is 1. The minimum Gasteiger partial charge on any atom is -0.481 e. The van der Waals surface area contributed by atoms with Gasteiger partial charge in [0.25, 0.3) is 11.6 Å². The number of para-hydroxylation sites is 1. The predicted molar refractivity (Wildman–Crippen MR) is 71.0 cm³/mol. The number of nitro benzene ring substituents is 1. The summed E-state index contributed by atoms with van der Waals surface area (Å²) in [4.78, 5) is 35.0. The van der Waals surface area contributed by atoms with Gasteiger partial charge < -0.3 is 14.7 Å². The number of hydrogen-bond donors (Lipinski definition) is 1. The van der Waals surface area contributed by atoms with Crippen LogP contribution in [0, 0.1) is 10.1 Å². The minimum absolute atomic E-state index is 0.0419. The van der Waals surface area contributed by atoms with Gasteiger partial charge in [0.2, 0.25) is 0 Å². The van der Waals surface area contributed by atoms with Crippen molar-refractivity contribution in [3.05, 3.63) is 39.9 Å². The maximum absolute atomic E-state index is 12.5. The van der Waals surface area contributed by atoms with E-state index in [2.05, 4.69) is 0 Å². The van der Waals surface area contributed by atoms with Crippen LogP contribution >= 0.6 is 0 Å². The topological polar surface area (TPSA) is 110 Å². The highest BCUT2D eigenvalue weighted by atomic mass is 16.6. The molecule has 1 aliphatic heterocycles. The molecule has 2 rings (SSSR count). The largest absolute Gasteiger partial charge is 0.481 e. The van der Waals surface area contributed by atoms with Crippen molar-refractivity contribution in [2.75, 3.05) is 19.8 Å². The molecular weight excluding hydrogens is 280 g/mol. The number of benzene rings is 1. The van der Waals surface area contributed by atoms with Gasteiger partial charge in [-0.25, -0.2) is 0 Å². The summed E-state index contributed by atoms with van der Waals surface area (Å²) < 4.78 is 5.19. The molecule has 1 atom stereocenters. The van der Waals surface area contributed by atoms with Crippen molar-refractivity contribution in [2.45, 2.75) is 12.5 Å². The van der Waals surface area contributed by atoms with Crippen LogP contribution in [0.2, 0.25) is 0 Å². The third-order valence-corrected chi connectivity index (χ3v) is 3.23. The fraction of sp³-hybridized carbons (Fsp3) is 0.385. The van der Waals surface area contributed by atoms with Gasteiger partial charge in [0.1, 0.15) is 5.56 Å². The number of carbonyl (C=O) groups is 2. The Labute approximate surface area is 120 Å². The van der Waals surface area contributed by atoms with Crippen LogP contribution in [-0.4, -0.2) is 52.6 Å². The van der Waals surface area contributed by atoms with Crippen molar-refractivity contribution in [3.63, 3.8) is 0 Å². The summed E-state index contributed by atoms with van der Waals surface area (Å²) in [5, 5.41) is 19.9. The van der Waals surface area contributed by atoms with E-state index in [1.54, 1.807) is 0 Å². The Morgan fingerprint density at radius 1 is 1.43 bits per heavy atom. The molecule has 0 saturated carbocycles. The van der Waals surface area contributed by atoms with Gasteiger partial charge in [-0.05, 0) is 6.07 Å². The quantitative estimate of drug-likeness (QED) is 0.653. The number of rotatable bonds is 4. The standard InChI is InChI=1S/C13H14N2O6/c16-12(17)7-9-8-21-6-5-14(9)13(18)10-3-1-2-4-11(10)15(19)20/h1-4,9H,5-8H2,(H,16,17). The molecule has 0 bridgehead atoms. The molecular formula is C13H14N2O6. The molecule has 0 aromatic heterocycles. The van der Waals surface area contributed by atoms with Crippen molar-refractivity contribution in [2.24, 2.45) is 0 Å². The lowest BCUT2D eigenvalue weighted by atomic mass is 10.1. The van der Waals surface area contributed by atoms with Crippen molar-refractivity contribution in [1.82, 2.24) is 4.90 Å². The van der Waals surface area contributed by atoms with Crippen molar-refractivity contribution in [1.29, 1.82) is 0 Å². The first-order chi connectivity index (χ1) is 10.0. The van der Waals surface area contributed by atoms with E-state index in [0.29, 0.717) is 0 Å². The molecule has 0 aliphatic carbocycles. The van der Waals surface area contributed by atoms with Gasteiger partial charge in [-0.2, -0.15) is 0 Å². The summed E-state index contributed by atoms with van der Waals surface area (Å²) in [6.45, 7) is 0.601. The summed E-state index contributed by atoms with van der Waals surface area (Å²) in [5.41, 5.74) is -0.331. The van der Waals surface area contributed by atoms with Crippen LogP contribution in [-0.2, 0) is 9.53 Å². The number of amides is 1. The van der Waals surface area contributed by atoms with Gasteiger partial charge in [-0.3, -0.25) is 19.7 Å². The second kappa shape index (κ2) is 6.31. The van der Waals surface area contributed by atoms with Crippen molar-refractivity contribution < 1.29 is 24.4 Å². The fourth-order valence-corrected chi connectivity index (χ4v) is 2.26. The highest BCUT2D eigenvalue weighted by molar-refractivity contribution is 5.98. The molecule has 1 aromatic carbocycles. The van der Waals surface area contributed by atoms with Crippen LogP contribution in [0.15, 0.2) is 24.3 Å². The Morgan fingerprint density at radius 2 is 2.14 bits per heavy atom. The Morgan fingerprint density at radius 3 is 2.81 bits per heavy atom. The smallest absolute Gasteiger partial charge is 0.305 e. The van der Waals surface area contributed by atoms with E-state index < -0.39 is 22.8 Å². The zero-order valence-corrected chi connectivity index (χ0v) is 11.1. The number of carboxylic acids is 1. The van der Waals surface area contributed by atoms with Gasteiger partial charge in [-0.15, -0.1) is 0 Å². The van der Waals surface area contributed by atoms with Crippen LogP contribution in [0.4, 0.5) is 5.69 Å². The van der Waals surface area contributed by atoms with E-state index >= 15 is 0 Å². The molecule has 21 heavy (non-hydrogen) atoms. The maximum Gasteiger partial charge on any atom is 0.305 e. The minimum atomic E-state index is -1.05. The van der Waals surface area contributed by atoms with E-state index in [1.165, 1.54) is 29.2 Å². The number of nitrogens with zero attached hydrogens (tertiary/aromatic N) is 2. The zero-order chi connectivity index (χ0) is 15.4. The monoisotopic (exact) mass is 294 g/mol. The summed E-state index contributed by atoms with van der Waals surface area (Å²) in [7, 11) is 0. The van der Waals surface area contributed by atoms with E-state index in [9.17, 15) is 19.7 Å². The van der Waals surface area contributed by atoms with Crippen LogP contribution in [0.25, 0.3) is 0 Å². The van der Waals surface area contributed by atoms with Crippen LogP contribution in [0.1, 0.15) is 16.8 Å². The second-order valence-electron chi connectivity index (χ2n) is 4.60. The van der Waals surface area contributed by atoms with E-state index in [1.807, 2.05) is 0 Å². The van der Waals surface area contributed by atoms with Gasteiger partial charge in [-0.1, -0.05) is 12.1 Å². The molecule has 8 heteroatoms. The average Bonchev–Trinajstić information content (AvgIpc) is 2.46.